The van der Waals surface area contributed by atoms with Crippen molar-refractivity contribution in [1.29, 1.82) is 0 Å². The molecule has 0 aliphatic carbocycles. The number of likely N-dealkylation sites (tertiary alicyclic amines) is 1. The van der Waals surface area contributed by atoms with Gasteiger partial charge in [-0.2, -0.15) is 0 Å². The van der Waals surface area contributed by atoms with Gasteiger partial charge in [-0.3, -0.25) is 14.5 Å². The Hall–Kier alpha value is -2.34. The van der Waals surface area contributed by atoms with E-state index >= 15 is 0 Å². The van der Waals surface area contributed by atoms with Crippen molar-refractivity contribution in [2.45, 2.75) is 19.8 Å². The zero-order chi connectivity index (χ0) is 16.4. The van der Waals surface area contributed by atoms with Crippen LogP contribution in [0.2, 0.25) is 5.02 Å². The van der Waals surface area contributed by atoms with E-state index in [-0.39, 0.29) is 18.5 Å². The molecule has 0 radical (unpaired) electrons. The van der Waals surface area contributed by atoms with Gasteiger partial charge < -0.3 is 9.42 Å². The summed E-state index contributed by atoms with van der Waals surface area (Å²) in [7, 11) is 0. The maximum absolute atomic E-state index is 12.8. The summed E-state index contributed by atoms with van der Waals surface area (Å²) in [5.74, 6) is 0.735. The lowest BCUT2D eigenvalue weighted by Crippen LogP contribution is -2.42. The Morgan fingerprint density at radius 1 is 1.43 bits per heavy atom. The third kappa shape index (κ3) is 3.37. The van der Waals surface area contributed by atoms with E-state index in [0.29, 0.717) is 35.1 Å². The summed E-state index contributed by atoms with van der Waals surface area (Å²) < 4.78 is 5.07. The highest BCUT2D eigenvalue weighted by Gasteiger charge is 2.28. The van der Waals surface area contributed by atoms with E-state index in [4.69, 9.17) is 16.1 Å². The monoisotopic (exact) mass is 333 g/mol. The zero-order valence-corrected chi connectivity index (χ0v) is 13.4. The first kappa shape index (κ1) is 15.6. The summed E-state index contributed by atoms with van der Waals surface area (Å²) in [6.45, 7) is 2.53. The molecule has 7 heteroatoms. The van der Waals surface area contributed by atoms with Gasteiger partial charge in [0.2, 0.25) is 5.91 Å². The second kappa shape index (κ2) is 6.42. The van der Waals surface area contributed by atoms with E-state index < -0.39 is 0 Å². The van der Waals surface area contributed by atoms with Crippen molar-refractivity contribution in [2.24, 2.45) is 0 Å². The molecule has 1 aromatic heterocycles. The second-order valence-corrected chi connectivity index (χ2v) is 5.88. The second-order valence-electron chi connectivity index (χ2n) is 5.44. The minimum atomic E-state index is -0.277. The summed E-state index contributed by atoms with van der Waals surface area (Å²) in [4.78, 5) is 27.8. The molecule has 0 atom stereocenters. The summed E-state index contributed by atoms with van der Waals surface area (Å²) in [6, 6.07) is 8.36. The van der Waals surface area contributed by atoms with E-state index in [2.05, 4.69) is 5.16 Å². The Labute approximate surface area is 138 Å². The summed E-state index contributed by atoms with van der Waals surface area (Å²) in [6.07, 6.45) is 1.31. The minimum absolute atomic E-state index is 0.0362. The number of carbonyl (C=O) groups is 2. The Morgan fingerprint density at radius 2 is 2.26 bits per heavy atom. The fraction of sp³-hybridized carbons (Fsp3) is 0.312. The number of nitrogens with zero attached hydrogens (tertiary/aromatic N) is 3. The van der Waals surface area contributed by atoms with Crippen molar-refractivity contribution >= 4 is 29.2 Å². The SMILES string of the molecule is Cc1cc(N(CN2CCCC2=O)C(=O)c2cccc(Cl)c2)no1. The van der Waals surface area contributed by atoms with Crippen molar-refractivity contribution in [1.82, 2.24) is 10.1 Å². The molecule has 2 heterocycles. The molecule has 1 aliphatic heterocycles. The van der Waals surface area contributed by atoms with Crippen LogP contribution in [0.15, 0.2) is 34.9 Å². The van der Waals surface area contributed by atoms with Crippen molar-refractivity contribution in [2.75, 3.05) is 18.1 Å². The van der Waals surface area contributed by atoms with Gasteiger partial charge in [0.15, 0.2) is 5.82 Å². The number of halogens is 1. The number of amides is 2. The molecule has 1 aliphatic rings. The molecule has 0 N–H and O–H groups in total. The molecule has 1 fully saturated rings. The molecule has 0 bridgehead atoms. The third-order valence-electron chi connectivity index (χ3n) is 3.69. The molecule has 0 saturated carbocycles. The van der Waals surface area contributed by atoms with Crippen molar-refractivity contribution in [3.8, 4) is 0 Å². The average Bonchev–Trinajstić information content (AvgIpc) is 3.13. The molecule has 0 unspecified atom stereocenters. The van der Waals surface area contributed by atoms with Crippen LogP contribution in [0.5, 0.6) is 0 Å². The molecule has 3 rings (SSSR count). The van der Waals surface area contributed by atoms with Crippen molar-refractivity contribution in [3.05, 3.63) is 46.7 Å². The number of aromatic nitrogens is 1. The van der Waals surface area contributed by atoms with Gasteiger partial charge in [-0.15, -0.1) is 0 Å². The largest absolute Gasteiger partial charge is 0.360 e. The normalized spacial score (nSPS) is 14.3. The molecule has 2 amide bonds. The van der Waals surface area contributed by atoms with Crippen LogP contribution in [0.25, 0.3) is 0 Å². The molecule has 0 spiro atoms. The summed E-state index contributed by atoms with van der Waals surface area (Å²) in [5.41, 5.74) is 0.435. The molecule has 1 aromatic carbocycles. The van der Waals surface area contributed by atoms with Crippen LogP contribution in [0, 0.1) is 6.92 Å². The Kier molecular flexibility index (Phi) is 4.34. The smallest absolute Gasteiger partial charge is 0.261 e. The van der Waals surface area contributed by atoms with Gasteiger partial charge in [0.1, 0.15) is 12.4 Å². The predicted molar refractivity (Wildman–Crippen MR) is 85.3 cm³/mol. The van der Waals surface area contributed by atoms with Gasteiger partial charge in [0, 0.05) is 29.6 Å². The van der Waals surface area contributed by atoms with Crippen LogP contribution < -0.4 is 4.90 Å². The van der Waals surface area contributed by atoms with E-state index in [1.807, 2.05) is 0 Å². The molecule has 1 saturated heterocycles. The lowest BCUT2D eigenvalue weighted by molar-refractivity contribution is -0.127. The van der Waals surface area contributed by atoms with Gasteiger partial charge in [-0.1, -0.05) is 22.8 Å². The highest BCUT2D eigenvalue weighted by Crippen LogP contribution is 2.21. The number of aryl methyl sites for hydroxylation is 1. The maximum atomic E-state index is 12.8. The maximum Gasteiger partial charge on any atom is 0.261 e. The lowest BCUT2D eigenvalue weighted by Gasteiger charge is -2.25. The molecular formula is C16H16ClN3O3. The van der Waals surface area contributed by atoms with E-state index in [1.165, 1.54) is 4.90 Å². The number of hydrogen-bond acceptors (Lipinski definition) is 4. The Balaban J connectivity index is 1.91. The number of carbonyl (C=O) groups excluding carboxylic acids is 2. The number of hydrogen-bond donors (Lipinski definition) is 0. The summed E-state index contributed by atoms with van der Waals surface area (Å²) >= 11 is 5.97. The highest BCUT2D eigenvalue weighted by molar-refractivity contribution is 6.31. The van der Waals surface area contributed by atoms with Crippen molar-refractivity contribution < 1.29 is 14.1 Å². The van der Waals surface area contributed by atoms with Crippen LogP contribution in [0.1, 0.15) is 29.0 Å². The molecule has 23 heavy (non-hydrogen) atoms. The molecular weight excluding hydrogens is 318 g/mol. The zero-order valence-electron chi connectivity index (χ0n) is 12.7. The molecule has 120 valence electrons. The minimum Gasteiger partial charge on any atom is -0.360 e. The Morgan fingerprint density at radius 3 is 2.87 bits per heavy atom. The quantitative estimate of drug-likeness (QED) is 0.863. The van der Waals surface area contributed by atoms with Crippen LogP contribution >= 0.6 is 11.6 Å². The van der Waals surface area contributed by atoms with E-state index in [9.17, 15) is 9.59 Å². The number of anilines is 1. The van der Waals surface area contributed by atoms with Crippen molar-refractivity contribution in [3.63, 3.8) is 0 Å². The van der Waals surface area contributed by atoms with Crippen LogP contribution in [0.4, 0.5) is 5.82 Å². The average molecular weight is 334 g/mol. The van der Waals surface area contributed by atoms with Crippen LogP contribution in [-0.2, 0) is 4.79 Å². The van der Waals surface area contributed by atoms with Gasteiger partial charge in [-0.25, -0.2) is 0 Å². The molecule has 2 aromatic rings. The third-order valence-corrected chi connectivity index (χ3v) is 3.93. The highest BCUT2D eigenvalue weighted by atomic mass is 35.5. The first-order chi connectivity index (χ1) is 11.0. The topological polar surface area (TPSA) is 66.7 Å². The van der Waals surface area contributed by atoms with E-state index in [0.717, 1.165) is 6.42 Å². The number of benzene rings is 1. The predicted octanol–water partition coefficient (Wildman–Crippen LogP) is 2.86. The first-order valence-electron chi connectivity index (χ1n) is 7.33. The van der Waals surface area contributed by atoms with E-state index in [1.54, 1.807) is 42.2 Å². The van der Waals surface area contributed by atoms with Crippen LogP contribution in [0.3, 0.4) is 0 Å². The standard InChI is InChI=1S/C16H16ClN3O3/c1-11-8-14(18-23-11)20(10-19-7-3-6-15(19)21)16(22)12-4-2-5-13(17)9-12/h2,4-5,8-9H,3,6-7,10H2,1H3. The fourth-order valence-electron chi connectivity index (χ4n) is 2.52. The van der Waals surface area contributed by atoms with Gasteiger partial charge in [0.05, 0.1) is 0 Å². The summed E-state index contributed by atoms with van der Waals surface area (Å²) in [5, 5.41) is 4.39. The van der Waals surface area contributed by atoms with Gasteiger partial charge in [0.25, 0.3) is 5.91 Å². The number of rotatable bonds is 4. The fourth-order valence-corrected chi connectivity index (χ4v) is 2.71. The Bertz CT molecular complexity index is 744. The lowest BCUT2D eigenvalue weighted by atomic mass is 10.2. The molecule has 6 nitrogen and oxygen atoms in total. The van der Waals surface area contributed by atoms with Crippen LogP contribution in [-0.4, -0.2) is 35.1 Å². The van der Waals surface area contributed by atoms with Gasteiger partial charge >= 0.3 is 0 Å². The first-order valence-corrected chi connectivity index (χ1v) is 7.71. The van der Waals surface area contributed by atoms with Gasteiger partial charge in [-0.05, 0) is 31.5 Å².